The number of amides is 1. The molecule has 0 atom stereocenters. The maximum absolute atomic E-state index is 11.4. The lowest BCUT2D eigenvalue weighted by Crippen LogP contribution is -2.33. The van der Waals surface area contributed by atoms with Gasteiger partial charge >= 0.3 is 13.2 Å². The van der Waals surface area contributed by atoms with Gasteiger partial charge in [-0.25, -0.2) is 4.79 Å². The van der Waals surface area contributed by atoms with Crippen LogP contribution in [0.2, 0.25) is 0 Å². The molecule has 0 saturated carbocycles. The Kier molecular flexibility index (Phi) is 3.95. The third kappa shape index (κ3) is 3.84. The summed E-state index contributed by atoms with van der Waals surface area (Å²) in [5.41, 5.74) is -0.324. The first-order chi connectivity index (χ1) is 7.29. The van der Waals surface area contributed by atoms with Crippen LogP contribution in [0.15, 0.2) is 11.4 Å². The molecule has 0 bridgehead atoms. The highest BCUT2D eigenvalue weighted by Crippen LogP contribution is 2.15. The van der Waals surface area contributed by atoms with Crippen molar-refractivity contribution in [3.63, 3.8) is 0 Å². The van der Waals surface area contributed by atoms with Gasteiger partial charge in [-0.1, -0.05) is 0 Å². The minimum atomic E-state index is -1.60. The SMILES string of the molecule is CC(C)(C)OC(=O)Nc1sccc1B(O)O. The molecule has 88 valence electrons. The summed E-state index contributed by atoms with van der Waals surface area (Å²) >= 11 is 1.20. The van der Waals surface area contributed by atoms with Crippen molar-refractivity contribution < 1.29 is 19.6 Å². The van der Waals surface area contributed by atoms with E-state index < -0.39 is 18.8 Å². The highest BCUT2D eigenvalue weighted by molar-refractivity contribution is 7.16. The second-order valence-corrected chi connectivity index (χ2v) is 5.12. The van der Waals surface area contributed by atoms with Crippen LogP contribution in [0.1, 0.15) is 20.8 Å². The Hall–Kier alpha value is -1.05. The van der Waals surface area contributed by atoms with Gasteiger partial charge in [0.2, 0.25) is 0 Å². The fourth-order valence-corrected chi connectivity index (χ4v) is 1.82. The van der Waals surface area contributed by atoms with Gasteiger partial charge in [0.25, 0.3) is 0 Å². The number of hydrogen-bond donors (Lipinski definition) is 3. The molecular formula is C9H14BNO4S. The van der Waals surface area contributed by atoms with Crippen LogP contribution < -0.4 is 10.8 Å². The van der Waals surface area contributed by atoms with Gasteiger partial charge in [-0.2, -0.15) is 0 Å². The summed E-state index contributed by atoms with van der Waals surface area (Å²) in [6.07, 6.45) is -0.614. The van der Waals surface area contributed by atoms with Gasteiger partial charge in [0.05, 0.1) is 5.00 Å². The minimum absolute atomic E-state index is 0.260. The molecule has 3 N–H and O–H groups in total. The Labute approximate surface area is 98.2 Å². The number of nitrogens with one attached hydrogen (secondary N) is 1. The molecule has 0 radical (unpaired) electrons. The first-order valence-corrected chi connectivity index (χ1v) is 5.61. The minimum Gasteiger partial charge on any atom is -0.444 e. The Balaban J connectivity index is 2.67. The second kappa shape index (κ2) is 4.86. The zero-order valence-electron chi connectivity index (χ0n) is 9.35. The highest BCUT2D eigenvalue weighted by Gasteiger charge is 2.21. The zero-order valence-corrected chi connectivity index (χ0v) is 10.2. The van der Waals surface area contributed by atoms with Gasteiger partial charge in [-0.3, -0.25) is 5.32 Å². The van der Waals surface area contributed by atoms with Crippen molar-refractivity contribution in [2.75, 3.05) is 5.32 Å². The number of carbonyl (C=O) groups is 1. The van der Waals surface area contributed by atoms with E-state index in [0.29, 0.717) is 5.00 Å². The van der Waals surface area contributed by atoms with Crippen LogP contribution in [-0.2, 0) is 4.74 Å². The van der Waals surface area contributed by atoms with E-state index in [1.807, 2.05) is 0 Å². The van der Waals surface area contributed by atoms with Crippen LogP contribution in [-0.4, -0.2) is 28.9 Å². The van der Waals surface area contributed by atoms with Crippen LogP contribution in [0.3, 0.4) is 0 Å². The van der Waals surface area contributed by atoms with Crippen LogP contribution in [0.25, 0.3) is 0 Å². The molecule has 1 rings (SSSR count). The number of hydrogen-bond acceptors (Lipinski definition) is 5. The van der Waals surface area contributed by atoms with Crippen molar-refractivity contribution in [2.45, 2.75) is 26.4 Å². The highest BCUT2D eigenvalue weighted by atomic mass is 32.1. The molecule has 1 amide bonds. The van der Waals surface area contributed by atoms with Gasteiger partial charge in [-0.15, -0.1) is 11.3 Å². The molecule has 0 aliphatic rings. The number of anilines is 1. The molecule has 0 fully saturated rings. The zero-order chi connectivity index (χ0) is 12.3. The van der Waals surface area contributed by atoms with Gasteiger partial charge in [0.15, 0.2) is 0 Å². The molecule has 0 aliphatic carbocycles. The second-order valence-electron chi connectivity index (χ2n) is 4.21. The average molecular weight is 243 g/mol. The predicted octanol–water partition coefficient (Wildman–Crippen LogP) is 0.775. The summed E-state index contributed by atoms with van der Waals surface area (Å²) in [5.74, 6) is 0. The van der Waals surface area contributed by atoms with E-state index >= 15 is 0 Å². The topological polar surface area (TPSA) is 78.8 Å². The van der Waals surface area contributed by atoms with Gasteiger partial charge in [0, 0.05) is 5.46 Å². The van der Waals surface area contributed by atoms with Crippen molar-refractivity contribution in [3.8, 4) is 0 Å². The van der Waals surface area contributed by atoms with Crippen LogP contribution in [0.4, 0.5) is 9.80 Å². The Morgan fingerprint density at radius 2 is 2.12 bits per heavy atom. The molecule has 7 heteroatoms. The lowest BCUT2D eigenvalue weighted by atomic mass is 9.82. The standard InChI is InChI=1S/C9H14BNO4S/c1-9(2,3)15-8(12)11-7-6(10(13)14)4-5-16-7/h4-5,13-14H,1-3H3,(H,11,12). The van der Waals surface area contributed by atoms with Crippen molar-refractivity contribution in [1.29, 1.82) is 0 Å². The summed E-state index contributed by atoms with van der Waals surface area (Å²) in [7, 11) is -1.60. The Morgan fingerprint density at radius 3 is 2.62 bits per heavy atom. The third-order valence-corrected chi connectivity index (χ3v) is 2.43. The van der Waals surface area contributed by atoms with E-state index in [2.05, 4.69) is 5.32 Å². The fraction of sp³-hybridized carbons (Fsp3) is 0.444. The summed E-state index contributed by atoms with van der Waals surface area (Å²) in [4.78, 5) is 11.4. The van der Waals surface area contributed by atoms with Crippen molar-refractivity contribution in [3.05, 3.63) is 11.4 Å². The van der Waals surface area contributed by atoms with Gasteiger partial charge < -0.3 is 14.8 Å². The van der Waals surface area contributed by atoms with E-state index in [0.717, 1.165) is 0 Å². The van der Waals surface area contributed by atoms with E-state index in [4.69, 9.17) is 14.8 Å². The number of carbonyl (C=O) groups excluding carboxylic acids is 1. The molecule has 1 aromatic heterocycles. The molecule has 0 spiro atoms. The van der Waals surface area contributed by atoms with E-state index in [1.165, 1.54) is 17.4 Å². The molecule has 0 aliphatic heterocycles. The molecule has 0 unspecified atom stereocenters. The molecular weight excluding hydrogens is 229 g/mol. The smallest absolute Gasteiger partial charge is 0.444 e. The Morgan fingerprint density at radius 1 is 1.50 bits per heavy atom. The maximum atomic E-state index is 11.4. The maximum Gasteiger partial charge on any atom is 0.491 e. The normalized spacial score (nSPS) is 11.1. The fourth-order valence-electron chi connectivity index (χ4n) is 1.02. The lowest BCUT2D eigenvalue weighted by Gasteiger charge is -2.19. The number of ether oxygens (including phenoxy) is 1. The summed E-state index contributed by atoms with van der Waals surface area (Å²) in [5, 5.41) is 22.5. The van der Waals surface area contributed by atoms with Gasteiger partial charge in [0.1, 0.15) is 5.60 Å². The first kappa shape index (κ1) is 13.0. The van der Waals surface area contributed by atoms with Crippen molar-refractivity contribution >= 4 is 35.0 Å². The lowest BCUT2D eigenvalue weighted by molar-refractivity contribution is 0.0636. The third-order valence-electron chi connectivity index (χ3n) is 1.59. The van der Waals surface area contributed by atoms with Gasteiger partial charge in [-0.05, 0) is 32.2 Å². The van der Waals surface area contributed by atoms with Crippen molar-refractivity contribution in [2.24, 2.45) is 0 Å². The predicted molar refractivity (Wildman–Crippen MR) is 64.0 cm³/mol. The Bertz CT molecular complexity index is 372. The summed E-state index contributed by atoms with van der Waals surface area (Å²) < 4.78 is 5.04. The summed E-state index contributed by atoms with van der Waals surface area (Å²) in [6, 6.07) is 1.53. The molecule has 1 aromatic rings. The molecule has 0 aromatic carbocycles. The van der Waals surface area contributed by atoms with E-state index in [9.17, 15) is 4.79 Å². The average Bonchev–Trinajstić information content (AvgIpc) is 2.47. The van der Waals surface area contributed by atoms with Crippen LogP contribution in [0.5, 0.6) is 0 Å². The molecule has 5 nitrogen and oxygen atoms in total. The van der Waals surface area contributed by atoms with E-state index in [1.54, 1.807) is 26.2 Å². The summed E-state index contributed by atoms with van der Waals surface area (Å²) in [6.45, 7) is 5.26. The van der Waals surface area contributed by atoms with Crippen LogP contribution >= 0.6 is 11.3 Å². The van der Waals surface area contributed by atoms with Crippen molar-refractivity contribution in [1.82, 2.24) is 0 Å². The monoisotopic (exact) mass is 243 g/mol. The van der Waals surface area contributed by atoms with Crippen LogP contribution in [0, 0.1) is 0 Å². The van der Waals surface area contributed by atoms with E-state index in [-0.39, 0.29) is 5.46 Å². The molecule has 0 saturated heterocycles. The number of thiophene rings is 1. The largest absolute Gasteiger partial charge is 0.491 e. The first-order valence-electron chi connectivity index (χ1n) is 4.73. The quantitative estimate of drug-likeness (QED) is 0.670. The number of rotatable bonds is 2. The molecule has 16 heavy (non-hydrogen) atoms. The molecule has 1 heterocycles.